The summed E-state index contributed by atoms with van der Waals surface area (Å²) in [5.41, 5.74) is 0.957. The van der Waals surface area contributed by atoms with Crippen LogP contribution in [0.2, 0.25) is 10.0 Å². The second kappa shape index (κ2) is 9.38. The van der Waals surface area contributed by atoms with Crippen LogP contribution < -0.4 is 9.47 Å². The van der Waals surface area contributed by atoms with E-state index < -0.39 is 5.66 Å². The number of hydrogen-bond acceptors (Lipinski definition) is 10. The van der Waals surface area contributed by atoms with Crippen molar-refractivity contribution in [2.24, 2.45) is 15.2 Å². The number of benzene rings is 1. The van der Waals surface area contributed by atoms with Gasteiger partial charge < -0.3 is 14.2 Å². The number of fused-ring (bicyclic) bond motifs is 1. The average molecular weight is 502 g/mol. The van der Waals surface area contributed by atoms with E-state index in [1.54, 1.807) is 18.5 Å². The van der Waals surface area contributed by atoms with Gasteiger partial charge in [-0.2, -0.15) is 0 Å². The van der Waals surface area contributed by atoms with Crippen LogP contribution in [0.4, 0.5) is 0 Å². The first kappa shape index (κ1) is 22.9. The molecule has 1 atom stereocenters. The molecule has 0 bridgehead atoms. The lowest BCUT2D eigenvalue weighted by molar-refractivity contribution is 0.0280. The van der Waals surface area contributed by atoms with Gasteiger partial charge in [0.15, 0.2) is 5.84 Å². The maximum absolute atomic E-state index is 6.82. The topological polar surface area (TPSA) is 107 Å². The van der Waals surface area contributed by atoms with Crippen LogP contribution in [-0.2, 0) is 10.4 Å². The molecule has 34 heavy (non-hydrogen) atoms. The molecule has 1 aromatic carbocycles. The Hall–Kier alpha value is -2.92. The predicted octanol–water partition coefficient (Wildman–Crippen LogP) is 3.75. The van der Waals surface area contributed by atoms with Crippen LogP contribution in [0.25, 0.3) is 11.0 Å². The van der Waals surface area contributed by atoms with Crippen LogP contribution in [0.3, 0.4) is 0 Å². The summed E-state index contributed by atoms with van der Waals surface area (Å²) >= 11 is 13.4. The van der Waals surface area contributed by atoms with E-state index in [0.717, 1.165) is 5.56 Å². The molecule has 1 unspecified atom stereocenters. The van der Waals surface area contributed by atoms with Crippen LogP contribution in [0.15, 0.2) is 45.8 Å². The minimum absolute atomic E-state index is 0.211. The van der Waals surface area contributed by atoms with Crippen LogP contribution in [0.1, 0.15) is 11.1 Å². The highest BCUT2D eigenvalue weighted by Gasteiger charge is 2.43. The van der Waals surface area contributed by atoms with Gasteiger partial charge in [0, 0.05) is 31.0 Å². The number of halogens is 2. The van der Waals surface area contributed by atoms with Crippen molar-refractivity contribution in [3.8, 4) is 11.8 Å². The lowest BCUT2D eigenvalue weighted by Gasteiger charge is -2.33. The first-order valence-electron chi connectivity index (χ1n) is 10.6. The predicted molar refractivity (Wildman–Crippen MR) is 127 cm³/mol. The summed E-state index contributed by atoms with van der Waals surface area (Å²) in [5, 5.41) is 9.67. The molecule has 0 spiro atoms. The molecule has 176 valence electrons. The lowest BCUT2D eigenvalue weighted by atomic mass is 9.97. The fourth-order valence-electron chi connectivity index (χ4n) is 4.03. The van der Waals surface area contributed by atoms with E-state index in [4.69, 9.17) is 42.4 Å². The summed E-state index contributed by atoms with van der Waals surface area (Å²) in [6, 6.07) is 5.33. The Morgan fingerprint density at radius 2 is 1.88 bits per heavy atom. The van der Waals surface area contributed by atoms with Gasteiger partial charge in [-0.25, -0.2) is 15.0 Å². The van der Waals surface area contributed by atoms with E-state index in [-0.39, 0.29) is 16.8 Å². The molecule has 4 heterocycles. The third kappa shape index (κ3) is 4.07. The molecule has 2 aromatic heterocycles. The molecule has 5 rings (SSSR count). The minimum atomic E-state index is -1.21. The Balaban J connectivity index is 1.75. The molecule has 2 aliphatic heterocycles. The summed E-state index contributed by atoms with van der Waals surface area (Å²) in [4.78, 5) is 20.6. The summed E-state index contributed by atoms with van der Waals surface area (Å²) < 4.78 is 16.3. The van der Waals surface area contributed by atoms with Gasteiger partial charge in [0.1, 0.15) is 5.52 Å². The Morgan fingerprint density at radius 3 is 2.59 bits per heavy atom. The van der Waals surface area contributed by atoms with Gasteiger partial charge in [-0.3, -0.25) is 9.88 Å². The smallest absolute Gasteiger partial charge is 0.278 e. The van der Waals surface area contributed by atoms with Crippen LogP contribution in [0.5, 0.6) is 11.8 Å². The summed E-state index contributed by atoms with van der Waals surface area (Å²) in [6.45, 7) is 3.05. The van der Waals surface area contributed by atoms with Crippen LogP contribution in [0, 0.1) is 0 Å². The Morgan fingerprint density at radius 1 is 1.12 bits per heavy atom. The zero-order valence-electron chi connectivity index (χ0n) is 18.5. The van der Waals surface area contributed by atoms with Crippen molar-refractivity contribution in [3.63, 3.8) is 0 Å². The number of azo groups is 1. The summed E-state index contributed by atoms with van der Waals surface area (Å²) in [5.74, 6) is 0.885. The number of hydrogen-bond donors (Lipinski definition) is 0. The zero-order valence-corrected chi connectivity index (χ0v) is 20.0. The van der Waals surface area contributed by atoms with E-state index in [1.165, 1.54) is 14.2 Å². The number of aliphatic imine (C=N–C) groups is 1. The Labute approximate surface area is 205 Å². The van der Waals surface area contributed by atoms with Crippen molar-refractivity contribution in [3.05, 3.63) is 51.8 Å². The largest absolute Gasteiger partial charge is 0.477 e. The third-order valence-electron chi connectivity index (χ3n) is 5.65. The van der Waals surface area contributed by atoms with E-state index in [9.17, 15) is 0 Å². The fourth-order valence-corrected chi connectivity index (χ4v) is 4.52. The van der Waals surface area contributed by atoms with Crippen LogP contribution >= 0.6 is 23.2 Å². The fraction of sp³-hybridized carbons (Fsp3) is 0.364. The van der Waals surface area contributed by atoms with E-state index >= 15 is 0 Å². The molecule has 0 saturated carbocycles. The number of rotatable bonds is 6. The van der Waals surface area contributed by atoms with Gasteiger partial charge in [0.05, 0.1) is 55.1 Å². The van der Waals surface area contributed by atoms with E-state index in [0.29, 0.717) is 60.3 Å². The number of amidine groups is 1. The molecular weight excluding hydrogens is 481 g/mol. The van der Waals surface area contributed by atoms with Gasteiger partial charge in [-0.15, -0.1) is 10.2 Å². The number of nitrogens with zero attached hydrogens (tertiary/aromatic N) is 7. The quantitative estimate of drug-likeness (QED) is 0.506. The maximum Gasteiger partial charge on any atom is 0.278 e. The van der Waals surface area contributed by atoms with E-state index in [2.05, 4.69) is 30.1 Å². The van der Waals surface area contributed by atoms with Crippen molar-refractivity contribution in [1.82, 2.24) is 19.9 Å². The molecule has 12 heteroatoms. The summed E-state index contributed by atoms with van der Waals surface area (Å²) in [7, 11) is 2.99. The van der Waals surface area contributed by atoms with Gasteiger partial charge >= 0.3 is 0 Å². The second-order valence-corrected chi connectivity index (χ2v) is 8.52. The molecular formula is C22H21Cl2N7O3. The van der Waals surface area contributed by atoms with Crippen molar-refractivity contribution in [1.29, 1.82) is 0 Å². The minimum Gasteiger partial charge on any atom is -0.477 e. The zero-order chi connectivity index (χ0) is 23.7. The monoisotopic (exact) mass is 501 g/mol. The molecule has 0 radical (unpaired) electrons. The molecule has 1 saturated heterocycles. The van der Waals surface area contributed by atoms with Gasteiger partial charge in [0.25, 0.3) is 11.8 Å². The SMILES string of the molecule is COc1nc2cc(Cl)c(Cl)c(C3(CN4CCOCC4)N=NC(c4cccnc4)=N3)c2nc1OC. The van der Waals surface area contributed by atoms with Gasteiger partial charge in [-0.1, -0.05) is 23.2 Å². The lowest BCUT2D eigenvalue weighted by Crippen LogP contribution is -2.44. The molecule has 1 fully saturated rings. The highest BCUT2D eigenvalue weighted by molar-refractivity contribution is 6.43. The number of pyridine rings is 1. The first-order valence-corrected chi connectivity index (χ1v) is 11.3. The number of methoxy groups -OCH3 is 2. The first-order chi connectivity index (χ1) is 16.5. The highest BCUT2D eigenvalue weighted by Crippen LogP contribution is 2.45. The third-order valence-corrected chi connectivity index (χ3v) is 6.43. The average Bonchev–Trinajstić information content (AvgIpc) is 3.29. The molecule has 2 aliphatic rings. The standard InChI is InChI=1S/C22H21Cl2N7O3/c1-32-20-21(33-2)27-18-15(26-20)10-14(23)17(24)16(18)22(12-31-6-8-34-9-7-31)28-19(29-30-22)13-4-3-5-25-11-13/h3-5,10-11H,6-9,12H2,1-2H3. The van der Waals surface area contributed by atoms with E-state index in [1.807, 2.05) is 12.1 Å². The molecule has 10 nitrogen and oxygen atoms in total. The molecule has 3 aromatic rings. The number of aromatic nitrogens is 3. The van der Waals surface area contributed by atoms with Gasteiger partial charge in [0.2, 0.25) is 5.66 Å². The molecule has 0 N–H and O–H groups in total. The normalized spacial score (nSPS) is 20.5. The van der Waals surface area contributed by atoms with Crippen molar-refractivity contribution < 1.29 is 14.2 Å². The second-order valence-electron chi connectivity index (χ2n) is 7.74. The number of ether oxygens (including phenoxy) is 3. The maximum atomic E-state index is 6.82. The van der Waals surface area contributed by atoms with Crippen molar-refractivity contribution in [2.75, 3.05) is 47.1 Å². The van der Waals surface area contributed by atoms with Crippen molar-refractivity contribution in [2.45, 2.75) is 5.66 Å². The van der Waals surface area contributed by atoms with Crippen molar-refractivity contribution >= 4 is 40.1 Å². The molecule has 0 amide bonds. The number of morpholine rings is 1. The van der Waals surface area contributed by atoms with Crippen LogP contribution in [-0.4, -0.2) is 72.8 Å². The van der Waals surface area contributed by atoms with Gasteiger partial charge in [-0.05, 0) is 18.2 Å². The Kier molecular flexibility index (Phi) is 6.30. The summed E-state index contributed by atoms with van der Waals surface area (Å²) in [6.07, 6.45) is 3.38. The highest BCUT2D eigenvalue weighted by atomic mass is 35.5. The Bertz CT molecular complexity index is 1280. The molecule has 0 aliphatic carbocycles.